The topological polar surface area (TPSA) is 59.8 Å². The molecule has 0 atom stereocenters. The van der Waals surface area contributed by atoms with Crippen LogP contribution in [0.25, 0.3) is 0 Å². The van der Waals surface area contributed by atoms with Crippen LogP contribution in [-0.4, -0.2) is 20.7 Å². The smallest absolute Gasteiger partial charge is 0.240 e. The standard InChI is InChI=1S/C11H11ClN4O/c12-10-3-1-9(2-4-10)5-13-11(17)6-16-7-14-15-8-16/h1-4,7-8H,5-6H2,(H,13,17). The summed E-state index contributed by atoms with van der Waals surface area (Å²) in [5, 5.41) is 10.7. The third-order valence-electron chi connectivity index (χ3n) is 2.20. The minimum absolute atomic E-state index is 0.0836. The molecule has 1 N–H and O–H groups in total. The third-order valence-corrected chi connectivity index (χ3v) is 2.45. The van der Waals surface area contributed by atoms with E-state index in [1.807, 2.05) is 12.1 Å². The minimum atomic E-state index is -0.0836. The van der Waals surface area contributed by atoms with Crippen molar-refractivity contribution >= 4 is 17.5 Å². The van der Waals surface area contributed by atoms with Gasteiger partial charge >= 0.3 is 0 Å². The number of hydrogen-bond donors (Lipinski definition) is 1. The van der Waals surface area contributed by atoms with Gasteiger partial charge in [0.15, 0.2) is 0 Å². The molecule has 1 aromatic heterocycles. The zero-order valence-electron chi connectivity index (χ0n) is 9.01. The Balaban J connectivity index is 1.82. The lowest BCUT2D eigenvalue weighted by atomic mass is 10.2. The molecule has 0 saturated heterocycles. The summed E-state index contributed by atoms with van der Waals surface area (Å²) in [6.45, 7) is 0.707. The van der Waals surface area contributed by atoms with Crippen LogP contribution in [0, 0.1) is 0 Å². The number of benzene rings is 1. The van der Waals surface area contributed by atoms with E-state index in [0.717, 1.165) is 5.56 Å². The van der Waals surface area contributed by atoms with Crippen LogP contribution < -0.4 is 5.32 Å². The molecule has 2 aromatic rings. The molecular weight excluding hydrogens is 240 g/mol. The average molecular weight is 251 g/mol. The second kappa shape index (κ2) is 5.45. The maximum absolute atomic E-state index is 11.5. The van der Waals surface area contributed by atoms with Crippen molar-refractivity contribution in [2.24, 2.45) is 0 Å². The van der Waals surface area contributed by atoms with Gasteiger partial charge in [-0.3, -0.25) is 4.79 Å². The summed E-state index contributed by atoms with van der Waals surface area (Å²) in [4.78, 5) is 11.5. The highest BCUT2D eigenvalue weighted by atomic mass is 35.5. The lowest BCUT2D eigenvalue weighted by molar-refractivity contribution is -0.121. The van der Waals surface area contributed by atoms with Crippen LogP contribution in [0.4, 0.5) is 0 Å². The second-order valence-corrected chi connectivity index (χ2v) is 3.97. The molecule has 0 aliphatic rings. The average Bonchev–Trinajstić information content (AvgIpc) is 2.81. The van der Waals surface area contributed by atoms with Crippen molar-refractivity contribution in [3.8, 4) is 0 Å². The number of halogens is 1. The van der Waals surface area contributed by atoms with Gasteiger partial charge in [-0.25, -0.2) is 0 Å². The molecule has 0 saturated carbocycles. The Bertz CT molecular complexity index is 481. The minimum Gasteiger partial charge on any atom is -0.350 e. The lowest BCUT2D eigenvalue weighted by Gasteiger charge is -2.05. The van der Waals surface area contributed by atoms with Crippen molar-refractivity contribution in [3.05, 3.63) is 47.5 Å². The zero-order valence-corrected chi connectivity index (χ0v) is 9.76. The van der Waals surface area contributed by atoms with E-state index in [9.17, 15) is 4.79 Å². The van der Waals surface area contributed by atoms with Crippen LogP contribution in [-0.2, 0) is 17.9 Å². The number of rotatable bonds is 4. The number of amides is 1. The number of aromatic nitrogens is 3. The van der Waals surface area contributed by atoms with Crippen molar-refractivity contribution < 1.29 is 4.79 Å². The number of nitrogens with one attached hydrogen (secondary N) is 1. The first-order valence-corrected chi connectivity index (χ1v) is 5.45. The predicted octanol–water partition coefficient (Wildman–Crippen LogP) is 1.25. The molecule has 2 rings (SSSR count). The summed E-state index contributed by atoms with van der Waals surface area (Å²) in [5.41, 5.74) is 1.01. The van der Waals surface area contributed by atoms with Crippen molar-refractivity contribution in [2.45, 2.75) is 13.1 Å². The molecule has 0 radical (unpaired) electrons. The first kappa shape index (κ1) is 11.6. The van der Waals surface area contributed by atoms with Crippen LogP contribution in [0.15, 0.2) is 36.9 Å². The molecule has 0 aliphatic carbocycles. The van der Waals surface area contributed by atoms with Crippen molar-refractivity contribution in [1.82, 2.24) is 20.1 Å². The molecule has 1 aromatic carbocycles. The van der Waals surface area contributed by atoms with Gasteiger partial charge in [0.2, 0.25) is 5.91 Å². The molecule has 1 heterocycles. The highest BCUT2D eigenvalue weighted by molar-refractivity contribution is 6.30. The van der Waals surface area contributed by atoms with Gasteiger partial charge in [-0.05, 0) is 17.7 Å². The highest BCUT2D eigenvalue weighted by Crippen LogP contribution is 2.08. The number of carbonyl (C=O) groups is 1. The zero-order chi connectivity index (χ0) is 12.1. The van der Waals surface area contributed by atoms with E-state index in [4.69, 9.17) is 11.6 Å². The van der Waals surface area contributed by atoms with E-state index in [1.165, 1.54) is 12.7 Å². The summed E-state index contributed by atoms with van der Waals surface area (Å²) in [6.07, 6.45) is 3.00. The summed E-state index contributed by atoms with van der Waals surface area (Å²) in [5.74, 6) is -0.0836. The van der Waals surface area contributed by atoms with Gasteiger partial charge in [0.25, 0.3) is 0 Å². The monoisotopic (exact) mass is 250 g/mol. The van der Waals surface area contributed by atoms with Gasteiger partial charge in [-0.15, -0.1) is 10.2 Å². The third kappa shape index (κ3) is 3.57. The predicted molar refractivity (Wildman–Crippen MR) is 63.3 cm³/mol. The summed E-state index contributed by atoms with van der Waals surface area (Å²) in [6, 6.07) is 7.34. The van der Waals surface area contributed by atoms with Crippen LogP contribution in [0.3, 0.4) is 0 Å². The first-order chi connectivity index (χ1) is 8.24. The van der Waals surface area contributed by atoms with Crippen molar-refractivity contribution in [3.63, 3.8) is 0 Å². The lowest BCUT2D eigenvalue weighted by Crippen LogP contribution is -2.26. The van der Waals surface area contributed by atoms with Crippen molar-refractivity contribution in [1.29, 1.82) is 0 Å². The molecule has 6 heteroatoms. The van der Waals surface area contributed by atoms with Crippen LogP contribution >= 0.6 is 11.6 Å². The highest BCUT2D eigenvalue weighted by Gasteiger charge is 2.02. The molecule has 0 fully saturated rings. The Kier molecular flexibility index (Phi) is 3.72. The van der Waals surface area contributed by atoms with E-state index in [-0.39, 0.29) is 12.5 Å². The van der Waals surface area contributed by atoms with Gasteiger partial charge in [0.05, 0.1) is 0 Å². The number of carbonyl (C=O) groups excluding carboxylic acids is 1. The molecular formula is C11H11ClN4O. The molecule has 0 spiro atoms. The fourth-order valence-corrected chi connectivity index (χ4v) is 1.45. The molecule has 0 unspecified atom stereocenters. The summed E-state index contributed by atoms with van der Waals surface area (Å²) in [7, 11) is 0. The van der Waals surface area contributed by atoms with E-state index in [1.54, 1.807) is 16.7 Å². The van der Waals surface area contributed by atoms with Gasteiger partial charge in [0.1, 0.15) is 19.2 Å². The Hall–Kier alpha value is -1.88. The Morgan fingerprint density at radius 1 is 1.24 bits per heavy atom. The molecule has 17 heavy (non-hydrogen) atoms. The summed E-state index contributed by atoms with van der Waals surface area (Å²) >= 11 is 5.76. The van der Waals surface area contributed by atoms with E-state index in [2.05, 4.69) is 15.5 Å². The van der Waals surface area contributed by atoms with E-state index in [0.29, 0.717) is 11.6 Å². The molecule has 88 valence electrons. The summed E-state index contributed by atoms with van der Waals surface area (Å²) < 4.78 is 1.61. The molecule has 0 bridgehead atoms. The van der Waals surface area contributed by atoms with E-state index < -0.39 is 0 Å². The Morgan fingerprint density at radius 2 is 1.88 bits per heavy atom. The Morgan fingerprint density at radius 3 is 2.53 bits per heavy atom. The molecule has 0 aliphatic heterocycles. The SMILES string of the molecule is O=C(Cn1cnnc1)NCc1ccc(Cl)cc1. The van der Waals surface area contributed by atoms with Gasteiger partial charge in [0, 0.05) is 11.6 Å². The van der Waals surface area contributed by atoms with E-state index >= 15 is 0 Å². The van der Waals surface area contributed by atoms with Crippen molar-refractivity contribution in [2.75, 3.05) is 0 Å². The van der Waals surface area contributed by atoms with Crippen LogP contribution in [0.2, 0.25) is 5.02 Å². The van der Waals surface area contributed by atoms with Gasteiger partial charge in [-0.2, -0.15) is 0 Å². The maximum atomic E-state index is 11.5. The van der Waals surface area contributed by atoms with Crippen LogP contribution in [0.5, 0.6) is 0 Å². The number of nitrogens with zero attached hydrogens (tertiary/aromatic N) is 3. The first-order valence-electron chi connectivity index (χ1n) is 5.07. The second-order valence-electron chi connectivity index (χ2n) is 3.54. The normalized spacial score (nSPS) is 10.2. The van der Waals surface area contributed by atoms with Gasteiger partial charge < -0.3 is 9.88 Å². The molecule has 5 nitrogen and oxygen atoms in total. The fourth-order valence-electron chi connectivity index (χ4n) is 1.33. The van der Waals surface area contributed by atoms with Crippen LogP contribution in [0.1, 0.15) is 5.56 Å². The quantitative estimate of drug-likeness (QED) is 0.888. The maximum Gasteiger partial charge on any atom is 0.240 e. The largest absolute Gasteiger partial charge is 0.350 e. The number of hydrogen-bond acceptors (Lipinski definition) is 3. The molecule has 1 amide bonds. The Labute approximate surface area is 103 Å². The van der Waals surface area contributed by atoms with Gasteiger partial charge in [-0.1, -0.05) is 23.7 Å². The fraction of sp³-hybridized carbons (Fsp3) is 0.182.